The topological polar surface area (TPSA) is 36.4 Å². The van der Waals surface area contributed by atoms with Gasteiger partial charge in [0.05, 0.1) is 0 Å². The molecule has 2 bridgehead atoms. The lowest BCUT2D eigenvalue weighted by molar-refractivity contribution is -0.171. The summed E-state index contributed by atoms with van der Waals surface area (Å²) in [5.41, 5.74) is 0.530. The first-order valence-corrected chi connectivity index (χ1v) is 6.13. The van der Waals surface area contributed by atoms with Crippen molar-refractivity contribution in [3.63, 3.8) is 0 Å². The summed E-state index contributed by atoms with van der Waals surface area (Å²) in [4.78, 5) is 6.36. The largest absolute Gasteiger partial charge is 0.375 e. The average molecular weight is 218 g/mol. The van der Waals surface area contributed by atoms with Gasteiger partial charge in [-0.2, -0.15) is 0 Å². The van der Waals surface area contributed by atoms with Gasteiger partial charge in [-0.1, -0.05) is 6.07 Å². The zero-order valence-electron chi connectivity index (χ0n) is 9.47. The lowest BCUT2D eigenvalue weighted by atomic mass is 9.79. The quantitative estimate of drug-likeness (QED) is 0.815. The fourth-order valence-corrected chi connectivity index (χ4v) is 3.16. The van der Waals surface area contributed by atoms with Crippen LogP contribution in [0.25, 0.3) is 0 Å². The Kier molecular flexibility index (Phi) is 2.45. The Morgan fingerprint density at radius 3 is 2.81 bits per heavy atom. The third-order valence-electron chi connectivity index (χ3n) is 4.03. The minimum Gasteiger partial charge on any atom is -0.375 e. The molecule has 16 heavy (non-hydrogen) atoms. The van der Waals surface area contributed by atoms with Crippen LogP contribution in [0.5, 0.6) is 0 Å². The van der Waals surface area contributed by atoms with E-state index < -0.39 is 5.72 Å². The molecule has 3 heteroatoms. The number of rotatable bonds is 2. The van der Waals surface area contributed by atoms with E-state index in [1.807, 2.05) is 18.3 Å². The third-order valence-corrected chi connectivity index (χ3v) is 4.03. The van der Waals surface area contributed by atoms with E-state index in [1.165, 1.54) is 12.8 Å². The lowest BCUT2D eigenvalue weighted by Gasteiger charge is -2.51. The smallest absolute Gasteiger partial charge is 0.122 e. The predicted molar refractivity (Wildman–Crippen MR) is 61.8 cm³/mol. The van der Waals surface area contributed by atoms with Crippen LogP contribution in [0, 0.1) is 5.92 Å². The van der Waals surface area contributed by atoms with Crippen molar-refractivity contribution < 1.29 is 5.11 Å². The fourth-order valence-electron chi connectivity index (χ4n) is 3.16. The molecule has 3 aliphatic heterocycles. The second kappa shape index (κ2) is 3.82. The third kappa shape index (κ3) is 1.74. The van der Waals surface area contributed by atoms with E-state index in [0.717, 1.165) is 37.4 Å². The van der Waals surface area contributed by atoms with Crippen molar-refractivity contribution in [3.05, 3.63) is 30.1 Å². The number of pyridine rings is 1. The summed E-state index contributed by atoms with van der Waals surface area (Å²) >= 11 is 0. The van der Waals surface area contributed by atoms with Crippen LogP contribution in [0.3, 0.4) is 0 Å². The Labute approximate surface area is 96.1 Å². The van der Waals surface area contributed by atoms with Crippen molar-refractivity contribution in [2.45, 2.75) is 31.4 Å². The Morgan fingerprint density at radius 1 is 1.44 bits per heavy atom. The summed E-state index contributed by atoms with van der Waals surface area (Å²) in [5.74, 6) is 0.728. The molecule has 1 aromatic rings. The van der Waals surface area contributed by atoms with Crippen LogP contribution >= 0.6 is 0 Å². The number of aliphatic hydroxyl groups is 1. The van der Waals surface area contributed by atoms with Crippen molar-refractivity contribution in [3.8, 4) is 0 Å². The van der Waals surface area contributed by atoms with Gasteiger partial charge in [0, 0.05) is 31.9 Å². The molecule has 1 N–H and O–H groups in total. The molecule has 0 aliphatic carbocycles. The Hall–Kier alpha value is -0.930. The van der Waals surface area contributed by atoms with Gasteiger partial charge >= 0.3 is 0 Å². The van der Waals surface area contributed by atoms with E-state index in [2.05, 4.69) is 9.88 Å². The zero-order chi connectivity index (χ0) is 11.0. The maximum absolute atomic E-state index is 10.7. The van der Waals surface area contributed by atoms with E-state index in [1.54, 1.807) is 6.20 Å². The second-order valence-corrected chi connectivity index (χ2v) is 5.16. The van der Waals surface area contributed by atoms with Gasteiger partial charge in [-0.3, -0.25) is 9.88 Å². The molecule has 3 saturated heterocycles. The zero-order valence-corrected chi connectivity index (χ0v) is 9.47. The monoisotopic (exact) mass is 218 g/mol. The summed E-state index contributed by atoms with van der Waals surface area (Å²) < 4.78 is 0. The minimum atomic E-state index is -0.607. The van der Waals surface area contributed by atoms with Crippen molar-refractivity contribution in [1.82, 2.24) is 9.88 Å². The van der Waals surface area contributed by atoms with E-state index >= 15 is 0 Å². The highest BCUT2D eigenvalue weighted by Gasteiger charge is 2.44. The van der Waals surface area contributed by atoms with Crippen molar-refractivity contribution in [2.75, 3.05) is 13.1 Å². The summed E-state index contributed by atoms with van der Waals surface area (Å²) in [6.07, 6.45) is 7.81. The van der Waals surface area contributed by atoms with Gasteiger partial charge < -0.3 is 5.11 Å². The standard InChI is InChI=1S/C13H18N2O/c16-13(9-12-2-1-5-14-10-12)8-11-3-6-15(13)7-4-11/h1-2,5,10-11,16H,3-4,6-9H2/t13-/m0/s1. The summed E-state index contributed by atoms with van der Waals surface area (Å²) in [6, 6.07) is 3.99. The van der Waals surface area contributed by atoms with Gasteiger partial charge in [-0.25, -0.2) is 0 Å². The van der Waals surface area contributed by atoms with E-state index in [0.29, 0.717) is 0 Å². The number of hydrogen-bond donors (Lipinski definition) is 1. The highest BCUT2D eigenvalue weighted by molar-refractivity contribution is 5.13. The molecule has 4 rings (SSSR count). The van der Waals surface area contributed by atoms with Crippen LogP contribution in [0.1, 0.15) is 24.8 Å². The Morgan fingerprint density at radius 2 is 2.25 bits per heavy atom. The maximum atomic E-state index is 10.7. The molecular weight excluding hydrogens is 200 g/mol. The van der Waals surface area contributed by atoms with Crippen LogP contribution in [-0.2, 0) is 6.42 Å². The molecule has 1 aromatic heterocycles. The van der Waals surface area contributed by atoms with E-state index in [4.69, 9.17) is 0 Å². The first kappa shape index (κ1) is 10.2. The summed E-state index contributed by atoms with van der Waals surface area (Å²) in [7, 11) is 0. The second-order valence-electron chi connectivity index (χ2n) is 5.16. The van der Waals surface area contributed by atoms with E-state index in [-0.39, 0.29) is 0 Å². The molecule has 0 saturated carbocycles. The molecule has 0 unspecified atom stereocenters. The van der Waals surface area contributed by atoms with Crippen LogP contribution < -0.4 is 0 Å². The number of hydrogen-bond acceptors (Lipinski definition) is 3. The van der Waals surface area contributed by atoms with Crippen molar-refractivity contribution in [2.24, 2.45) is 5.92 Å². The maximum Gasteiger partial charge on any atom is 0.122 e. The number of nitrogens with zero attached hydrogens (tertiary/aromatic N) is 2. The van der Waals surface area contributed by atoms with Crippen molar-refractivity contribution in [1.29, 1.82) is 0 Å². The molecule has 0 radical (unpaired) electrons. The molecule has 3 aliphatic rings. The van der Waals surface area contributed by atoms with Crippen LogP contribution in [-0.4, -0.2) is 33.8 Å². The molecule has 4 heterocycles. The van der Waals surface area contributed by atoms with Gasteiger partial charge in [0.2, 0.25) is 0 Å². The number of fused-ring (bicyclic) bond motifs is 3. The molecule has 0 spiro atoms. The molecule has 3 fully saturated rings. The Balaban J connectivity index is 1.79. The fraction of sp³-hybridized carbons (Fsp3) is 0.615. The SMILES string of the molecule is O[C@]1(Cc2cccnc2)CC2CCN1CC2. The first-order valence-electron chi connectivity index (χ1n) is 6.13. The van der Waals surface area contributed by atoms with Gasteiger partial charge in [0.1, 0.15) is 5.72 Å². The van der Waals surface area contributed by atoms with Crippen molar-refractivity contribution >= 4 is 0 Å². The average Bonchev–Trinajstić information content (AvgIpc) is 2.31. The Bertz CT molecular complexity index is 359. The first-order chi connectivity index (χ1) is 7.76. The molecule has 1 atom stereocenters. The molecule has 0 aromatic carbocycles. The number of aromatic nitrogens is 1. The molecule has 0 amide bonds. The molecule has 3 nitrogen and oxygen atoms in total. The van der Waals surface area contributed by atoms with Crippen LogP contribution in [0.2, 0.25) is 0 Å². The minimum absolute atomic E-state index is 0.607. The molecular formula is C13H18N2O. The van der Waals surface area contributed by atoms with Crippen LogP contribution in [0.4, 0.5) is 0 Å². The van der Waals surface area contributed by atoms with Gasteiger partial charge in [-0.15, -0.1) is 0 Å². The number of piperidine rings is 3. The lowest BCUT2D eigenvalue weighted by Crippen LogP contribution is -2.59. The highest BCUT2D eigenvalue weighted by atomic mass is 16.3. The van der Waals surface area contributed by atoms with Gasteiger partial charge in [0.25, 0.3) is 0 Å². The normalized spacial score (nSPS) is 37.6. The highest BCUT2D eigenvalue weighted by Crippen LogP contribution is 2.39. The van der Waals surface area contributed by atoms with E-state index in [9.17, 15) is 5.11 Å². The van der Waals surface area contributed by atoms with Crippen LogP contribution in [0.15, 0.2) is 24.5 Å². The summed E-state index contributed by atoms with van der Waals surface area (Å²) in [6.45, 7) is 2.11. The molecule has 86 valence electrons. The summed E-state index contributed by atoms with van der Waals surface area (Å²) in [5, 5.41) is 10.7. The predicted octanol–water partition coefficient (Wildman–Crippen LogP) is 1.43. The van der Waals surface area contributed by atoms with Gasteiger partial charge in [0.15, 0.2) is 0 Å². The van der Waals surface area contributed by atoms with Gasteiger partial charge in [-0.05, 0) is 36.8 Å².